The number of ether oxygens (including phenoxy) is 1. The Bertz CT molecular complexity index is 1600. The van der Waals surface area contributed by atoms with Crippen LogP contribution in [-0.2, 0) is 6.54 Å². The lowest BCUT2D eigenvalue weighted by atomic mass is 9.89. The first kappa shape index (κ1) is 30.2. The van der Waals surface area contributed by atoms with Crippen LogP contribution in [0.2, 0.25) is 5.02 Å². The van der Waals surface area contributed by atoms with Gasteiger partial charge in [-0.2, -0.15) is 0 Å². The van der Waals surface area contributed by atoms with Crippen LogP contribution in [0, 0.1) is 11.6 Å². The fourth-order valence-corrected chi connectivity index (χ4v) is 7.23. The molecule has 1 fully saturated rings. The van der Waals surface area contributed by atoms with Gasteiger partial charge in [0.25, 0.3) is 5.91 Å². The number of thiophene rings is 1. The number of hydrogen-bond donors (Lipinski definition) is 0. The summed E-state index contributed by atoms with van der Waals surface area (Å²) in [6.07, 6.45) is 5.25. The molecule has 1 amide bonds. The van der Waals surface area contributed by atoms with Crippen LogP contribution < -0.4 is 9.64 Å². The van der Waals surface area contributed by atoms with Crippen molar-refractivity contribution in [3.63, 3.8) is 0 Å². The molecule has 0 aliphatic heterocycles. The minimum atomic E-state index is -0.645. The molecule has 2 aromatic carbocycles. The van der Waals surface area contributed by atoms with E-state index in [0.717, 1.165) is 71.7 Å². The Morgan fingerprint density at radius 1 is 0.976 bits per heavy atom. The predicted molar refractivity (Wildman–Crippen MR) is 167 cm³/mol. The average Bonchev–Trinajstić information content (AvgIpc) is 3.35. The molecule has 0 radical (unpaired) electrons. The molecule has 2 heterocycles. The van der Waals surface area contributed by atoms with E-state index in [-0.39, 0.29) is 38.5 Å². The fraction of sp³-hybridized carbons (Fsp3) is 0.375. The van der Waals surface area contributed by atoms with Crippen molar-refractivity contribution in [2.24, 2.45) is 0 Å². The monoisotopic (exact) mass is 612 g/mol. The SMILES string of the molecule is COc1ccc(-c2ccnc(N(C)C)c2)cc1CN(C(=O)c1sc2c(F)ccc(F)c2c1Cl)[C@H]1CC[C@H](N(C)C)CC1. The molecule has 4 aromatic rings. The second-order valence-electron chi connectivity index (χ2n) is 11.2. The first-order chi connectivity index (χ1) is 20.1. The topological polar surface area (TPSA) is 48.9 Å². The van der Waals surface area contributed by atoms with Crippen LogP contribution in [0.3, 0.4) is 0 Å². The highest BCUT2D eigenvalue weighted by Gasteiger charge is 2.33. The number of hydrogen-bond acceptors (Lipinski definition) is 6. The Hall–Kier alpha value is -3.27. The summed E-state index contributed by atoms with van der Waals surface area (Å²) in [5.74, 6) is -0.0922. The summed E-state index contributed by atoms with van der Waals surface area (Å²) in [6, 6.07) is 12.4. The van der Waals surface area contributed by atoms with Crippen molar-refractivity contribution in [1.29, 1.82) is 0 Å². The maximum Gasteiger partial charge on any atom is 0.266 e. The van der Waals surface area contributed by atoms with Crippen LogP contribution in [0.5, 0.6) is 5.75 Å². The van der Waals surface area contributed by atoms with Crippen LogP contribution in [-0.4, -0.2) is 68.1 Å². The lowest BCUT2D eigenvalue weighted by molar-refractivity contribution is 0.0573. The molecule has 10 heteroatoms. The van der Waals surface area contributed by atoms with Gasteiger partial charge in [0.05, 0.1) is 22.2 Å². The largest absolute Gasteiger partial charge is 0.496 e. The number of amides is 1. The van der Waals surface area contributed by atoms with E-state index in [2.05, 4.69) is 24.0 Å². The van der Waals surface area contributed by atoms with Crippen molar-refractivity contribution in [2.75, 3.05) is 40.2 Å². The van der Waals surface area contributed by atoms with Gasteiger partial charge in [-0.15, -0.1) is 11.3 Å². The first-order valence-corrected chi connectivity index (χ1v) is 15.1. The van der Waals surface area contributed by atoms with Crippen LogP contribution in [0.15, 0.2) is 48.7 Å². The number of rotatable bonds is 8. The van der Waals surface area contributed by atoms with Gasteiger partial charge in [-0.1, -0.05) is 17.7 Å². The molecule has 0 saturated heterocycles. The highest BCUT2D eigenvalue weighted by atomic mass is 35.5. The Morgan fingerprint density at radius 2 is 1.64 bits per heavy atom. The third kappa shape index (κ3) is 5.96. The summed E-state index contributed by atoms with van der Waals surface area (Å²) in [4.78, 5) is 24.8. The number of benzene rings is 2. The zero-order valence-corrected chi connectivity index (χ0v) is 26.0. The molecule has 1 saturated carbocycles. The summed E-state index contributed by atoms with van der Waals surface area (Å²) < 4.78 is 35.2. The Balaban J connectivity index is 1.56. The average molecular weight is 613 g/mol. The van der Waals surface area contributed by atoms with Gasteiger partial charge in [0.2, 0.25) is 0 Å². The van der Waals surface area contributed by atoms with Gasteiger partial charge >= 0.3 is 0 Å². The quantitative estimate of drug-likeness (QED) is 0.206. The minimum Gasteiger partial charge on any atom is -0.496 e. The summed E-state index contributed by atoms with van der Waals surface area (Å²) in [5, 5.41) is -0.0899. The summed E-state index contributed by atoms with van der Waals surface area (Å²) >= 11 is 7.51. The molecule has 42 heavy (non-hydrogen) atoms. The smallest absolute Gasteiger partial charge is 0.266 e. The summed E-state index contributed by atoms with van der Waals surface area (Å²) in [5.41, 5.74) is 2.78. The van der Waals surface area contributed by atoms with Crippen LogP contribution >= 0.6 is 22.9 Å². The van der Waals surface area contributed by atoms with Crippen molar-refractivity contribution in [3.05, 3.63) is 75.8 Å². The number of methoxy groups -OCH3 is 1. The van der Waals surface area contributed by atoms with Crippen LogP contribution in [0.1, 0.15) is 40.9 Å². The minimum absolute atomic E-state index is 0.0438. The van der Waals surface area contributed by atoms with Crippen molar-refractivity contribution >= 4 is 44.7 Å². The maximum absolute atomic E-state index is 14.7. The number of pyridine rings is 1. The molecule has 2 aromatic heterocycles. The molecule has 0 N–H and O–H groups in total. The molecule has 222 valence electrons. The molecule has 1 aliphatic carbocycles. The van der Waals surface area contributed by atoms with E-state index in [1.165, 1.54) is 0 Å². The van der Waals surface area contributed by atoms with Crippen molar-refractivity contribution in [1.82, 2.24) is 14.8 Å². The standard InChI is InChI=1S/C32H35ClF2N4O2S/c1-37(2)22-7-9-23(10-8-22)39(32(40)31-29(33)28-24(34)11-12-25(35)30(28)42-31)18-21-16-19(6-13-26(21)41-5)20-14-15-36-27(17-20)38(3)4/h6,11-17,22-23H,7-10,18H2,1-5H3/t22-,23-. The number of nitrogens with zero attached hydrogens (tertiary/aromatic N) is 4. The molecule has 1 aliphatic rings. The zero-order chi connectivity index (χ0) is 30.1. The van der Waals surface area contributed by atoms with E-state index < -0.39 is 11.6 Å². The molecule has 6 nitrogen and oxygen atoms in total. The predicted octanol–water partition coefficient (Wildman–Crippen LogP) is 7.48. The van der Waals surface area contributed by atoms with E-state index in [1.54, 1.807) is 13.3 Å². The Morgan fingerprint density at radius 3 is 2.29 bits per heavy atom. The van der Waals surface area contributed by atoms with E-state index >= 15 is 0 Å². The molecule has 5 rings (SSSR count). The lowest BCUT2D eigenvalue weighted by Crippen LogP contribution is -2.44. The molecule has 0 atom stereocenters. The van der Waals surface area contributed by atoms with E-state index in [0.29, 0.717) is 11.8 Å². The van der Waals surface area contributed by atoms with Crippen molar-refractivity contribution in [3.8, 4) is 16.9 Å². The second kappa shape index (κ2) is 12.5. The van der Waals surface area contributed by atoms with Crippen molar-refractivity contribution < 1.29 is 18.3 Å². The third-order valence-corrected chi connectivity index (χ3v) is 9.81. The maximum atomic E-state index is 14.7. The second-order valence-corrected chi connectivity index (χ2v) is 12.6. The number of anilines is 1. The number of carbonyl (C=O) groups excluding carboxylic acids is 1. The highest BCUT2D eigenvalue weighted by Crippen LogP contribution is 2.41. The van der Waals surface area contributed by atoms with E-state index in [9.17, 15) is 13.6 Å². The molecule has 0 spiro atoms. The molecule has 0 unspecified atom stereocenters. The summed E-state index contributed by atoms with van der Waals surface area (Å²) in [7, 11) is 9.64. The molecular formula is C32H35ClF2N4O2S. The number of fused-ring (bicyclic) bond motifs is 1. The third-order valence-electron chi connectivity index (χ3n) is 8.13. The Kier molecular flexibility index (Phi) is 9.01. The fourth-order valence-electron chi connectivity index (χ4n) is 5.73. The summed E-state index contributed by atoms with van der Waals surface area (Å²) in [6.45, 7) is 0.258. The molecule has 0 bridgehead atoms. The first-order valence-electron chi connectivity index (χ1n) is 13.9. The van der Waals surface area contributed by atoms with E-state index in [4.69, 9.17) is 16.3 Å². The van der Waals surface area contributed by atoms with Crippen LogP contribution in [0.4, 0.5) is 14.6 Å². The lowest BCUT2D eigenvalue weighted by Gasteiger charge is -2.39. The van der Waals surface area contributed by atoms with E-state index in [1.807, 2.05) is 54.2 Å². The van der Waals surface area contributed by atoms with Gasteiger partial charge in [-0.05, 0) is 87.3 Å². The number of halogens is 3. The molecular weight excluding hydrogens is 578 g/mol. The number of carbonyl (C=O) groups is 1. The Labute approximate surface area is 254 Å². The van der Waals surface area contributed by atoms with Gasteiger partial charge in [0.1, 0.15) is 28.1 Å². The zero-order valence-electron chi connectivity index (χ0n) is 24.5. The highest BCUT2D eigenvalue weighted by molar-refractivity contribution is 7.21. The van der Waals surface area contributed by atoms with Gasteiger partial charge in [0.15, 0.2) is 0 Å². The van der Waals surface area contributed by atoms with Gasteiger partial charge in [0, 0.05) is 44.5 Å². The van der Waals surface area contributed by atoms with Crippen molar-refractivity contribution in [2.45, 2.75) is 44.3 Å². The van der Waals surface area contributed by atoms with Gasteiger partial charge in [-0.25, -0.2) is 13.8 Å². The normalized spacial score (nSPS) is 17.1. The van der Waals surface area contributed by atoms with Gasteiger partial charge in [-0.3, -0.25) is 4.79 Å². The van der Waals surface area contributed by atoms with Gasteiger partial charge < -0.3 is 19.4 Å². The van der Waals surface area contributed by atoms with Crippen LogP contribution in [0.25, 0.3) is 21.2 Å². The number of aromatic nitrogens is 1.